The number of carbonyl (C=O) groups is 1. The summed E-state index contributed by atoms with van der Waals surface area (Å²) in [4.78, 5) is 21.8. The Morgan fingerprint density at radius 2 is 1.97 bits per heavy atom. The number of nitrogens with one attached hydrogen (secondary N) is 2. The van der Waals surface area contributed by atoms with E-state index in [9.17, 15) is 4.79 Å². The molecule has 0 aliphatic rings. The summed E-state index contributed by atoms with van der Waals surface area (Å²) in [7, 11) is 1.74. The Morgan fingerprint density at radius 3 is 2.82 bits per heavy atom. The van der Waals surface area contributed by atoms with Gasteiger partial charge >= 0.3 is 0 Å². The molecule has 7 heteroatoms. The number of pyridine rings is 2. The van der Waals surface area contributed by atoms with Crippen molar-refractivity contribution in [1.82, 2.24) is 19.7 Å². The van der Waals surface area contributed by atoms with Crippen LogP contribution in [0.1, 0.15) is 23.9 Å². The molecular weight excluding hydrogens is 426 g/mol. The van der Waals surface area contributed by atoms with Gasteiger partial charge in [0.15, 0.2) is 0 Å². The quantitative estimate of drug-likeness (QED) is 0.398. The average Bonchev–Trinajstić information content (AvgIpc) is 3.45. The predicted molar refractivity (Wildman–Crippen MR) is 133 cm³/mol. The van der Waals surface area contributed by atoms with Crippen LogP contribution in [0.2, 0.25) is 0 Å². The van der Waals surface area contributed by atoms with Crippen LogP contribution in [-0.4, -0.2) is 33.4 Å². The van der Waals surface area contributed by atoms with Crippen LogP contribution in [0.15, 0.2) is 71.5 Å². The lowest BCUT2D eigenvalue weighted by atomic mass is 10.1. The molecule has 1 atom stereocenters. The number of hydrogen-bond acceptors (Lipinski definition) is 5. The van der Waals surface area contributed by atoms with Gasteiger partial charge in [-0.1, -0.05) is 12.0 Å². The van der Waals surface area contributed by atoms with E-state index in [2.05, 4.69) is 27.5 Å². The number of nitrogens with zero attached hydrogens (tertiary/aromatic N) is 3. The van der Waals surface area contributed by atoms with Gasteiger partial charge in [0.05, 0.1) is 23.7 Å². The third-order valence-corrected chi connectivity index (χ3v) is 5.71. The number of aromatic nitrogens is 3. The van der Waals surface area contributed by atoms with Crippen molar-refractivity contribution in [1.29, 1.82) is 0 Å². The molecule has 4 aromatic heterocycles. The average molecular weight is 450 g/mol. The summed E-state index contributed by atoms with van der Waals surface area (Å²) in [6.07, 6.45) is 3.63. The van der Waals surface area contributed by atoms with Crippen molar-refractivity contribution in [2.75, 3.05) is 12.4 Å². The first-order valence-electron chi connectivity index (χ1n) is 11.0. The number of hydrogen-bond donors (Lipinski definition) is 2. The number of amides is 1. The van der Waals surface area contributed by atoms with Crippen LogP contribution in [-0.2, 0) is 4.79 Å². The summed E-state index contributed by atoms with van der Waals surface area (Å²) in [6, 6.07) is 17.0. The number of imidazole rings is 1. The molecule has 0 spiro atoms. The highest BCUT2D eigenvalue weighted by atomic mass is 16.3. The minimum absolute atomic E-state index is 0.170. The maximum absolute atomic E-state index is 12.4. The maximum Gasteiger partial charge on any atom is 0.242 e. The van der Waals surface area contributed by atoms with Crippen molar-refractivity contribution in [3.63, 3.8) is 0 Å². The van der Waals surface area contributed by atoms with Crippen molar-refractivity contribution in [2.45, 2.75) is 19.9 Å². The number of benzene rings is 1. The number of fused-ring (bicyclic) bond motifs is 2. The molecule has 7 nitrogen and oxygen atoms in total. The second-order valence-corrected chi connectivity index (χ2v) is 7.99. The van der Waals surface area contributed by atoms with Crippen LogP contribution in [0.3, 0.4) is 0 Å². The van der Waals surface area contributed by atoms with Crippen LogP contribution in [0, 0.1) is 18.8 Å². The van der Waals surface area contributed by atoms with Crippen LogP contribution >= 0.6 is 0 Å². The molecule has 1 amide bonds. The van der Waals surface area contributed by atoms with Crippen molar-refractivity contribution >= 4 is 28.3 Å². The Bertz CT molecular complexity index is 1590. The molecule has 34 heavy (non-hydrogen) atoms. The maximum atomic E-state index is 12.4. The first-order chi connectivity index (χ1) is 16.5. The lowest BCUT2D eigenvalue weighted by molar-refractivity contribution is -0.117. The monoisotopic (exact) mass is 449 g/mol. The first kappa shape index (κ1) is 21.4. The van der Waals surface area contributed by atoms with Crippen molar-refractivity contribution in [2.24, 2.45) is 0 Å². The molecule has 2 N–H and O–H groups in total. The zero-order chi connectivity index (χ0) is 23.7. The van der Waals surface area contributed by atoms with Crippen molar-refractivity contribution in [3.05, 3.63) is 84.0 Å². The molecule has 0 saturated carbocycles. The first-order valence-corrected chi connectivity index (χ1v) is 11.0. The largest absolute Gasteiger partial charge is 0.464 e. The summed E-state index contributed by atoms with van der Waals surface area (Å²) < 4.78 is 7.53. The van der Waals surface area contributed by atoms with E-state index in [4.69, 9.17) is 9.40 Å². The fourth-order valence-electron chi connectivity index (χ4n) is 3.78. The fourth-order valence-corrected chi connectivity index (χ4v) is 3.78. The van der Waals surface area contributed by atoms with E-state index in [-0.39, 0.29) is 11.9 Å². The van der Waals surface area contributed by atoms with Crippen LogP contribution in [0.4, 0.5) is 5.82 Å². The molecule has 5 aromatic rings. The van der Waals surface area contributed by atoms with Gasteiger partial charge in [0.25, 0.3) is 0 Å². The Labute approximate surface area is 196 Å². The lowest BCUT2D eigenvalue weighted by Gasteiger charge is -2.12. The molecule has 0 saturated heterocycles. The van der Waals surface area contributed by atoms with E-state index in [1.165, 1.54) is 0 Å². The molecule has 0 aliphatic carbocycles. The van der Waals surface area contributed by atoms with Gasteiger partial charge in [-0.15, -0.1) is 0 Å². The molecule has 0 radical (unpaired) electrons. The molecule has 168 valence electrons. The normalized spacial score (nSPS) is 11.9. The van der Waals surface area contributed by atoms with E-state index in [0.717, 1.165) is 39.1 Å². The molecule has 4 heterocycles. The fraction of sp³-hybridized carbons (Fsp3) is 0.148. The van der Waals surface area contributed by atoms with Crippen LogP contribution in [0.25, 0.3) is 27.9 Å². The number of anilines is 1. The van der Waals surface area contributed by atoms with Gasteiger partial charge in [-0.2, -0.15) is 0 Å². The molecular formula is C27H23N5O2. The Kier molecular flexibility index (Phi) is 5.58. The van der Waals surface area contributed by atoms with Gasteiger partial charge in [0.2, 0.25) is 5.91 Å². The van der Waals surface area contributed by atoms with Gasteiger partial charge in [-0.25, -0.2) is 9.97 Å². The summed E-state index contributed by atoms with van der Waals surface area (Å²) in [5.74, 6) is 6.68. The predicted octanol–water partition coefficient (Wildman–Crippen LogP) is 4.40. The summed E-state index contributed by atoms with van der Waals surface area (Å²) in [5.41, 5.74) is 5.59. The third-order valence-electron chi connectivity index (χ3n) is 5.71. The van der Waals surface area contributed by atoms with E-state index in [0.29, 0.717) is 11.5 Å². The number of likely N-dealkylation sites (N-methyl/N-ethyl adjacent to an activating group) is 1. The molecule has 1 unspecified atom stereocenters. The molecule has 1 aromatic carbocycles. The molecule has 0 aliphatic heterocycles. The SMILES string of the molecule is CNC(C)C(=O)Nc1ccc(-c2c(C)nc3ccccn23)c(C#Cc2ccc3ccoc3c2)n1. The molecule has 0 fully saturated rings. The van der Waals surface area contributed by atoms with Gasteiger partial charge < -0.3 is 15.1 Å². The van der Waals surface area contributed by atoms with Crippen molar-refractivity contribution in [3.8, 4) is 23.1 Å². The van der Waals surface area contributed by atoms with Gasteiger partial charge in [0, 0.05) is 22.7 Å². The minimum Gasteiger partial charge on any atom is -0.464 e. The third kappa shape index (κ3) is 4.03. The van der Waals surface area contributed by atoms with E-state index in [1.807, 2.05) is 66.1 Å². The smallest absolute Gasteiger partial charge is 0.242 e. The summed E-state index contributed by atoms with van der Waals surface area (Å²) >= 11 is 0. The lowest BCUT2D eigenvalue weighted by Crippen LogP contribution is -2.35. The standard InChI is InChI=1S/C27H23N5O2/c1-17-26(32-14-5-4-6-25(32)29-17)21-10-12-24(31-27(33)18(2)28-3)30-22(21)11-8-19-7-9-20-13-15-34-23(20)16-19/h4-7,9-10,12-16,18,28H,1-3H3,(H,30,31,33). The second kappa shape index (κ2) is 8.85. The highest BCUT2D eigenvalue weighted by Gasteiger charge is 2.17. The van der Waals surface area contributed by atoms with E-state index in [1.54, 1.807) is 26.3 Å². The molecule has 0 bridgehead atoms. The van der Waals surface area contributed by atoms with E-state index < -0.39 is 0 Å². The van der Waals surface area contributed by atoms with Crippen LogP contribution < -0.4 is 10.6 Å². The number of furan rings is 1. The van der Waals surface area contributed by atoms with Gasteiger partial charge in [-0.3, -0.25) is 9.20 Å². The number of carbonyl (C=O) groups excluding carboxylic acids is 1. The summed E-state index contributed by atoms with van der Waals surface area (Å²) in [6.45, 7) is 3.76. The second-order valence-electron chi connectivity index (χ2n) is 7.99. The Morgan fingerprint density at radius 1 is 1.09 bits per heavy atom. The zero-order valence-electron chi connectivity index (χ0n) is 19.1. The minimum atomic E-state index is -0.350. The van der Waals surface area contributed by atoms with E-state index >= 15 is 0 Å². The topological polar surface area (TPSA) is 84.5 Å². The summed E-state index contributed by atoms with van der Waals surface area (Å²) in [5, 5.41) is 6.81. The zero-order valence-corrected chi connectivity index (χ0v) is 19.1. The van der Waals surface area contributed by atoms with Gasteiger partial charge in [-0.05, 0) is 75.3 Å². The van der Waals surface area contributed by atoms with Crippen molar-refractivity contribution < 1.29 is 9.21 Å². The van der Waals surface area contributed by atoms with Gasteiger partial charge in [0.1, 0.15) is 22.7 Å². The Hall–Kier alpha value is -4.41. The highest BCUT2D eigenvalue weighted by molar-refractivity contribution is 5.94. The highest BCUT2D eigenvalue weighted by Crippen LogP contribution is 2.28. The Balaban J connectivity index is 1.62. The number of rotatable bonds is 4. The molecule has 5 rings (SSSR count). The van der Waals surface area contributed by atoms with Crippen LogP contribution in [0.5, 0.6) is 0 Å². The number of aryl methyl sites for hydroxylation is 1.